The highest BCUT2D eigenvalue weighted by atomic mass is 16.6. The van der Waals surface area contributed by atoms with E-state index < -0.39 is 0 Å². The fraction of sp³-hybridized carbons (Fsp3) is 0.364. The van der Waals surface area contributed by atoms with Crippen molar-refractivity contribution in [2.45, 2.75) is 19.4 Å². The number of nitrogens with zero attached hydrogens (tertiary/aromatic N) is 1. The lowest BCUT2D eigenvalue weighted by molar-refractivity contribution is 0.0918. The van der Waals surface area contributed by atoms with Gasteiger partial charge in [-0.2, -0.15) is 0 Å². The van der Waals surface area contributed by atoms with Crippen molar-refractivity contribution in [3.63, 3.8) is 0 Å². The summed E-state index contributed by atoms with van der Waals surface area (Å²) in [5.74, 6) is 0. The molecule has 0 saturated heterocycles. The van der Waals surface area contributed by atoms with Gasteiger partial charge >= 0.3 is 0 Å². The van der Waals surface area contributed by atoms with E-state index in [9.17, 15) is 0 Å². The SMILES string of the molecule is Cc1ccc(C2=NO[C@H](CN)C2)cc1. The fourth-order valence-corrected chi connectivity index (χ4v) is 1.47. The van der Waals surface area contributed by atoms with E-state index in [4.69, 9.17) is 10.6 Å². The Morgan fingerprint density at radius 3 is 2.71 bits per heavy atom. The van der Waals surface area contributed by atoms with Crippen molar-refractivity contribution in [1.29, 1.82) is 0 Å². The summed E-state index contributed by atoms with van der Waals surface area (Å²) in [6.07, 6.45) is 0.880. The Hall–Kier alpha value is -1.35. The third kappa shape index (κ3) is 1.77. The summed E-state index contributed by atoms with van der Waals surface area (Å²) in [6, 6.07) is 8.29. The Kier molecular flexibility index (Phi) is 2.50. The van der Waals surface area contributed by atoms with Crippen molar-refractivity contribution in [3.8, 4) is 0 Å². The predicted octanol–water partition coefficient (Wildman–Crippen LogP) is 1.45. The molecule has 0 fully saturated rings. The summed E-state index contributed by atoms with van der Waals surface area (Å²) in [7, 11) is 0. The van der Waals surface area contributed by atoms with Crippen molar-refractivity contribution in [3.05, 3.63) is 35.4 Å². The Balaban J connectivity index is 2.13. The van der Waals surface area contributed by atoms with Gasteiger partial charge in [0.1, 0.15) is 6.10 Å². The smallest absolute Gasteiger partial charge is 0.145 e. The second kappa shape index (κ2) is 3.80. The van der Waals surface area contributed by atoms with Crippen LogP contribution in [0.4, 0.5) is 0 Å². The van der Waals surface area contributed by atoms with Crippen LogP contribution in [0.3, 0.4) is 0 Å². The normalized spacial score (nSPS) is 20.4. The molecule has 1 atom stereocenters. The van der Waals surface area contributed by atoms with Crippen molar-refractivity contribution < 1.29 is 4.84 Å². The number of benzene rings is 1. The quantitative estimate of drug-likeness (QED) is 0.767. The topological polar surface area (TPSA) is 47.6 Å². The monoisotopic (exact) mass is 190 g/mol. The maximum Gasteiger partial charge on any atom is 0.145 e. The zero-order valence-electron chi connectivity index (χ0n) is 8.23. The van der Waals surface area contributed by atoms with Crippen molar-refractivity contribution in [1.82, 2.24) is 0 Å². The molecule has 0 aliphatic carbocycles. The standard InChI is InChI=1S/C11H14N2O/c1-8-2-4-9(5-3-8)11-6-10(7-12)14-13-11/h2-5,10H,6-7,12H2,1H3/t10-/m0/s1. The van der Waals surface area contributed by atoms with E-state index in [0.29, 0.717) is 6.54 Å². The molecule has 3 nitrogen and oxygen atoms in total. The van der Waals surface area contributed by atoms with Gasteiger partial charge in [0.05, 0.1) is 5.71 Å². The highest BCUT2D eigenvalue weighted by Crippen LogP contribution is 2.16. The zero-order chi connectivity index (χ0) is 9.97. The van der Waals surface area contributed by atoms with Gasteiger partial charge in [0, 0.05) is 13.0 Å². The highest BCUT2D eigenvalue weighted by molar-refractivity contribution is 6.01. The largest absolute Gasteiger partial charge is 0.390 e. The molecule has 74 valence electrons. The minimum absolute atomic E-state index is 0.0614. The number of rotatable bonds is 2. The molecule has 3 heteroatoms. The Bertz CT molecular complexity index is 343. The van der Waals surface area contributed by atoms with Crippen molar-refractivity contribution in [2.24, 2.45) is 10.9 Å². The van der Waals surface area contributed by atoms with Gasteiger partial charge in [0.2, 0.25) is 0 Å². The Labute approximate surface area is 83.6 Å². The molecule has 1 heterocycles. The molecular formula is C11H14N2O. The van der Waals surface area contributed by atoms with E-state index in [1.165, 1.54) is 5.56 Å². The summed E-state index contributed by atoms with van der Waals surface area (Å²) >= 11 is 0. The number of aryl methyl sites for hydroxylation is 1. The van der Waals surface area contributed by atoms with E-state index in [-0.39, 0.29) is 6.10 Å². The average molecular weight is 190 g/mol. The van der Waals surface area contributed by atoms with E-state index in [0.717, 1.165) is 17.7 Å². The van der Waals surface area contributed by atoms with E-state index >= 15 is 0 Å². The minimum atomic E-state index is 0.0614. The lowest BCUT2D eigenvalue weighted by Gasteiger charge is -2.02. The fourth-order valence-electron chi connectivity index (χ4n) is 1.47. The van der Waals surface area contributed by atoms with Crippen LogP contribution in [0, 0.1) is 6.92 Å². The predicted molar refractivity (Wildman–Crippen MR) is 56.3 cm³/mol. The van der Waals surface area contributed by atoms with Crippen LogP contribution in [0.2, 0.25) is 0 Å². The number of oxime groups is 1. The molecule has 0 amide bonds. The number of hydrogen-bond donors (Lipinski definition) is 1. The summed E-state index contributed by atoms with van der Waals surface area (Å²) in [5, 5.41) is 4.02. The molecule has 0 aromatic heterocycles. The lowest BCUT2D eigenvalue weighted by atomic mass is 10.0. The number of nitrogens with two attached hydrogens (primary N) is 1. The van der Waals surface area contributed by atoms with Gasteiger partial charge < -0.3 is 10.6 Å². The molecule has 0 radical (unpaired) electrons. The molecule has 0 saturated carbocycles. The van der Waals surface area contributed by atoms with Gasteiger partial charge in [0.15, 0.2) is 0 Å². The lowest BCUT2D eigenvalue weighted by Crippen LogP contribution is -2.20. The van der Waals surface area contributed by atoms with Crippen LogP contribution in [0.25, 0.3) is 0 Å². The van der Waals surface area contributed by atoms with Crippen LogP contribution < -0.4 is 5.73 Å². The maximum atomic E-state index is 5.50. The Morgan fingerprint density at radius 1 is 1.43 bits per heavy atom. The molecule has 1 aliphatic heterocycles. The molecule has 1 aromatic rings. The van der Waals surface area contributed by atoms with E-state index in [2.05, 4.69) is 36.3 Å². The molecule has 1 aliphatic rings. The van der Waals surface area contributed by atoms with Crippen LogP contribution >= 0.6 is 0 Å². The van der Waals surface area contributed by atoms with E-state index in [1.54, 1.807) is 0 Å². The first kappa shape index (κ1) is 9.21. The first-order valence-corrected chi connectivity index (χ1v) is 4.79. The summed E-state index contributed by atoms with van der Waals surface area (Å²) < 4.78 is 0. The zero-order valence-corrected chi connectivity index (χ0v) is 8.23. The summed E-state index contributed by atoms with van der Waals surface area (Å²) in [4.78, 5) is 5.16. The van der Waals surface area contributed by atoms with Crippen molar-refractivity contribution >= 4 is 5.71 Å². The van der Waals surface area contributed by atoms with Crippen LogP contribution in [0.1, 0.15) is 17.5 Å². The molecule has 0 bridgehead atoms. The second-order valence-corrected chi connectivity index (χ2v) is 3.57. The van der Waals surface area contributed by atoms with Gasteiger partial charge in [-0.1, -0.05) is 35.0 Å². The van der Waals surface area contributed by atoms with Gasteiger partial charge in [-0.05, 0) is 12.5 Å². The number of hydrogen-bond acceptors (Lipinski definition) is 3. The van der Waals surface area contributed by atoms with Gasteiger partial charge in [0.25, 0.3) is 0 Å². The van der Waals surface area contributed by atoms with Crippen molar-refractivity contribution in [2.75, 3.05) is 6.54 Å². The first-order chi connectivity index (χ1) is 6.79. The molecular weight excluding hydrogens is 176 g/mol. The maximum absolute atomic E-state index is 5.50. The molecule has 0 spiro atoms. The van der Waals surface area contributed by atoms with Crippen LogP contribution in [-0.2, 0) is 4.84 Å². The van der Waals surface area contributed by atoms with Gasteiger partial charge in [-0.25, -0.2) is 0 Å². The van der Waals surface area contributed by atoms with Gasteiger partial charge in [-0.3, -0.25) is 0 Å². The Morgan fingerprint density at radius 2 is 2.14 bits per heavy atom. The summed E-state index contributed by atoms with van der Waals surface area (Å²) in [5.41, 5.74) is 8.88. The van der Waals surface area contributed by atoms with Crippen LogP contribution in [0.5, 0.6) is 0 Å². The molecule has 1 aromatic carbocycles. The minimum Gasteiger partial charge on any atom is -0.390 e. The third-order valence-electron chi connectivity index (χ3n) is 2.38. The third-order valence-corrected chi connectivity index (χ3v) is 2.38. The van der Waals surface area contributed by atoms with Crippen LogP contribution in [0.15, 0.2) is 29.4 Å². The molecule has 2 rings (SSSR count). The first-order valence-electron chi connectivity index (χ1n) is 4.79. The van der Waals surface area contributed by atoms with Gasteiger partial charge in [-0.15, -0.1) is 0 Å². The van der Waals surface area contributed by atoms with E-state index in [1.807, 2.05) is 0 Å². The highest BCUT2D eigenvalue weighted by Gasteiger charge is 2.20. The summed E-state index contributed by atoms with van der Waals surface area (Å²) in [6.45, 7) is 2.60. The molecule has 2 N–H and O–H groups in total. The molecule has 14 heavy (non-hydrogen) atoms. The average Bonchev–Trinajstić information content (AvgIpc) is 2.67. The second-order valence-electron chi connectivity index (χ2n) is 3.57. The van der Waals surface area contributed by atoms with Crippen LogP contribution in [-0.4, -0.2) is 18.4 Å². The molecule has 0 unspecified atom stereocenters.